The van der Waals surface area contributed by atoms with Crippen molar-refractivity contribution in [3.8, 4) is 5.75 Å². The SMILES string of the molecule is Cc1cc(=O)oc2cc(OCC(=O)N3CC[C@@H]4[C@H]3C(=O)N4S(=O)(=O)O)ccc12. The molecule has 2 aliphatic rings. The predicted molar refractivity (Wildman–Crippen MR) is 95.0 cm³/mol. The van der Waals surface area contributed by atoms with Crippen molar-refractivity contribution in [2.45, 2.75) is 25.4 Å². The smallest absolute Gasteiger partial charge is 0.362 e. The van der Waals surface area contributed by atoms with Crippen LogP contribution >= 0.6 is 0 Å². The Morgan fingerprint density at radius 1 is 1.32 bits per heavy atom. The highest BCUT2D eigenvalue weighted by molar-refractivity contribution is 7.84. The Bertz CT molecular complexity index is 1160. The number of ether oxygens (including phenoxy) is 1. The lowest BCUT2D eigenvalue weighted by Gasteiger charge is -2.42. The number of β-lactam (4-membered cyclic amide) rings is 1. The first-order valence-corrected chi connectivity index (χ1v) is 9.84. The van der Waals surface area contributed by atoms with Crippen LogP contribution in [0.5, 0.6) is 5.75 Å². The van der Waals surface area contributed by atoms with Crippen LogP contribution in [0.3, 0.4) is 0 Å². The summed E-state index contributed by atoms with van der Waals surface area (Å²) >= 11 is 0. The maximum atomic E-state index is 12.4. The lowest BCUT2D eigenvalue weighted by molar-refractivity contribution is -0.152. The minimum Gasteiger partial charge on any atom is -0.484 e. The van der Waals surface area contributed by atoms with Gasteiger partial charge in [-0.25, -0.2) is 9.10 Å². The molecule has 2 amide bonds. The topological polar surface area (TPSA) is 134 Å². The Hall–Kier alpha value is -2.92. The number of amides is 2. The Kier molecular flexibility index (Phi) is 4.16. The molecule has 2 saturated heterocycles. The van der Waals surface area contributed by atoms with E-state index in [4.69, 9.17) is 13.7 Å². The highest BCUT2D eigenvalue weighted by Gasteiger charge is 2.59. The number of benzene rings is 1. The number of hydrogen-bond donors (Lipinski definition) is 1. The van der Waals surface area contributed by atoms with Crippen LogP contribution < -0.4 is 10.4 Å². The number of hydrogen-bond acceptors (Lipinski definition) is 7. The van der Waals surface area contributed by atoms with E-state index in [1.165, 1.54) is 17.0 Å². The summed E-state index contributed by atoms with van der Waals surface area (Å²) in [5.41, 5.74) is 0.589. The zero-order chi connectivity index (χ0) is 20.2. The van der Waals surface area contributed by atoms with E-state index in [-0.39, 0.29) is 19.6 Å². The van der Waals surface area contributed by atoms with Gasteiger partial charge in [0.1, 0.15) is 17.4 Å². The number of likely N-dealkylation sites (tertiary alicyclic amines) is 1. The van der Waals surface area contributed by atoms with E-state index in [2.05, 4.69) is 0 Å². The van der Waals surface area contributed by atoms with Crippen molar-refractivity contribution >= 4 is 33.1 Å². The predicted octanol–water partition coefficient (Wildman–Crippen LogP) is 0.0947. The molecule has 2 fully saturated rings. The summed E-state index contributed by atoms with van der Waals surface area (Å²) in [6, 6.07) is 4.56. The summed E-state index contributed by atoms with van der Waals surface area (Å²) in [7, 11) is -4.62. The number of aryl methyl sites for hydroxylation is 1. The molecule has 4 rings (SSSR count). The number of fused-ring (bicyclic) bond motifs is 2. The first-order chi connectivity index (χ1) is 13.2. The fraction of sp³-hybridized carbons (Fsp3) is 0.353. The molecule has 0 spiro atoms. The lowest BCUT2D eigenvalue weighted by atomic mass is 10.0. The van der Waals surface area contributed by atoms with Gasteiger partial charge in [-0.1, -0.05) is 0 Å². The Balaban J connectivity index is 1.45. The fourth-order valence-electron chi connectivity index (χ4n) is 3.72. The van der Waals surface area contributed by atoms with Crippen LogP contribution in [-0.2, 0) is 19.9 Å². The van der Waals surface area contributed by atoms with Crippen LogP contribution in [0.2, 0.25) is 0 Å². The van der Waals surface area contributed by atoms with Crippen molar-refractivity contribution in [3.05, 3.63) is 40.2 Å². The summed E-state index contributed by atoms with van der Waals surface area (Å²) in [6.45, 7) is 1.59. The molecule has 2 atom stereocenters. The molecule has 1 aromatic heterocycles. The van der Waals surface area contributed by atoms with Gasteiger partial charge in [-0.2, -0.15) is 8.42 Å². The van der Waals surface area contributed by atoms with Gasteiger partial charge >= 0.3 is 15.9 Å². The molecule has 2 aromatic rings. The molecule has 10 nitrogen and oxygen atoms in total. The van der Waals surface area contributed by atoms with Crippen molar-refractivity contribution in [2.24, 2.45) is 0 Å². The van der Waals surface area contributed by atoms with E-state index >= 15 is 0 Å². The molecule has 2 aliphatic heterocycles. The molecular weight excluding hydrogens is 392 g/mol. The highest BCUT2D eigenvalue weighted by atomic mass is 32.2. The maximum absolute atomic E-state index is 12.4. The van der Waals surface area contributed by atoms with Crippen LogP contribution in [0.4, 0.5) is 0 Å². The van der Waals surface area contributed by atoms with Gasteiger partial charge in [0.25, 0.3) is 11.8 Å². The molecule has 3 heterocycles. The van der Waals surface area contributed by atoms with E-state index in [0.29, 0.717) is 15.6 Å². The minimum absolute atomic E-state index is 0.182. The molecule has 0 unspecified atom stereocenters. The number of carbonyl (C=O) groups excluding carboxylic acids is 2. The summed E-state index contributed by atoms with van der Waals surface area (Å²) < 4.78 is 42.5. The molecule has 1 N–H and O–H groups in total. The van der Waals surface area contributed by atoms with Gasteiger partial charge in [0.15, 0.2) is 6.61 Å². The van der Waals surface area contributed by atoms with Crippen molar-refractivity contribution in [2.75, 3.05) is 13.2 Å². The van der Waals surface area contributed by atoms with Crippen LogP contribution in [0.25, 0.3) is 11.0 Å². The van der Waals surface area contributed by atoms with Crippen molar-refractivity contribution in [3.63, 3.8) is 0 Å². The standard InChI is InChI=1S/C17H16N2O8S/c1-9-6-15(21)27-13-7-10(2-3-11(9)13)26-8-14(20)18-5-4-12-16(18)17(22)19(12)28(23,24)25/h2-3,6-7,12,16H,4-5,8H2,1H3,(H,23,24,25)/t12-,16+/m1/s1. The molecule has 0 saturated carbocycles. The summed E-state index contributed by atoms with van der Waals surface area (Å²) in [5.74, 6) is -1.01. The van der Waals surface area contributed by atoms with Crippen LogP contribution in [0.1, 0.15) is 12.0 Å². The number of rotatable bonds is 4. The van der Waals surface area contributed by atoms with E-state index in [1.54, 1.807) is 19.1 Å². The van der Waals surface area contributed by atoms with E-state index in [0.717, 1.165) is 10.9 Å². The first kappa shape index (κ1) is 18.4. The van der Waals surface area contributed by atoms with Crippen molar-refractivity contribution < 1.29 is 31.7 Å². The second kappa shape index (κ2) is 6.31. The second-order valence-corrected chi connectivity index (χ2v) is 7.98. The summed E-state index contributed by atoms with van der Waals surface area (Å²) in [5, 5.41) is 0.742. The normalized spacial score (nSPS) is 21.6. The largest absolute Gasteiger partial charge is 0.484 e. The molecule has 11 heteroatoms. The third-order valence-electron chi connectivity index (χ3n) is 4.99. The third kappa shape index (κ3) is 2.92. The molecule has 0 aliphatic carbocycles. The highest BCUT2D eigenvalue weighted by Crippen LogP contribution is 2.35. The molecule has 28 heavy (non-hydrogen) atoms. The van der Waals surface area contributed by atoms with Crippen molar-refractivity contribution in [1.29, 1.82) is 0 Å². The Labute approximate surface area is 159 Å². The van der Waals surface area contributed by atoms with E-state index in [9.17, 15) is 22.8 Å². The monoisotopic (exact) mass is 408 g/mol. The van der Waals surface area contributed by atoms with E-state index < -0.39 is 39.8 Å². The quantitative estimate of drug-likeness (QED) is 0.427. The first-order valence-electron chi connectivity index (χ1n) is 8.44. The Morgan fingerprint density at radius 3 is 2.79 bits per heavy atom. The Morgan fingerprint density at radius 2 is 2.07 bits per heavy atom. The molecule has 1 aromatic carbocycles. The summed E-state index contributed by atoms with van der Waals surface area (Å²) in [6.07, 6.45) is 0.252. The molecule has 148 valence electrons. The van der Waals surface area contributed by atoms with Gasteiger partial charge in [-0.3, -0.25) is 14.1 Å². The number of nitrogens with zero attached hydrogens (tertiary/aromatic N) is 2. The van der Waals surface area contributed by atoms with Gasteiger partial charge in [-0.05, 0) is 31.0 Å². The minimum atomic E-state index is -4.62. The van der Waals surface area contributed by atoms with Gasteiger partial charge < -0.3 is 14.1 Å². The van der Waals surface area contributed by atoms with Crippen molar-refractivity contribution in [1.82, 2.24) is 9.21 Å². The molecule has 0 radical (unpaired) electrons. The van der Waals surface area contributed by atoms with Gasteiger partial charge in [0, 0.05) is 24.1 Å². The maximum Gasteiger partial charge on any atom is 0.362 e. The lowest BCUT2D eigenvalue weighted by Crippen LogP contribution is -2.68. The average molecular weight is 408 g/mol. The molecule has 0 bridgehead atoms. The third-order valence-corrected chi connectivity index (χ3v) is 5.94. The number of carbonyl (C=O) groups is 2. The van der Waals surface area contributed by atoms with Crippen LogP contribution in [0, 0.1) is 6.92 Å². The van der Waals surface area contributed by atoms with Crippen LogP contribution in [0.15, 0.2) is 33.5 Å². The zero-order valence-electron chi connectivity index (χ0n) is 14.7. The summed E-state index contributed by atoms with van der Waals surface area (Å²) in [4.78, 5) is 37.2. The van der Waals surface area contributed by atoms with E-state index in [1.807, 2.05) is 0 Å². The van der Waals surface area contributed by atoms with Gasteiger partial charge in [-0.15, -0.1) is 0 Å². The fourth-order valence-corrected chi connectivity index (χ4v) is 4.62. The van der Waals surface area contributed by atoms with Gasteiger partial charge in [0.2, 0.25) is 0 Å². The van der Waals surface area contributed by atoms with Crippen LogP contribution in [-0.4, -0.2) is 59.2 Å². The second-order valence-electron chi connectivity index (χ2n) is 6.69. The average Bonchev–Trinajstić information content (AvgIpc) is 2.96. The molecular formula is C17H16N2O8S. The van der Waals surface area contributed by atoms with Gasteiger partial charge in [0.05, 0.1) is 6.04 Å². The zero-order valence-corrected chi connectivity index (χ0v) is 15.5.